The first-order chi connectivity index (χ1) is 9.65. The number of carbonyl (C=O) groups excluding carboxylic acids is 1. The molecule has 2 rings (SSSR count). The van der Waals surface area contributed by atoms with Crippen LogP contribution in [-0.2, 0) is 4.79 Å². The average molecular weight is 295 g/mol. The van der Waals surface area contributed by atoms with E-state index in [0.29, 0.717) is 17.3 Å². The van der Waals surface area contributed by atoms with E-state index in [0.717, 1.165) is 18.7 Å². The van der Waals surface area contributed by atoms with Crippen LogP contribution in [0.15, 0.2) is 30.8 Å². The lowest BCUT2D eigenvalue weighted by molar-refractivity contribution is -0.896. The highest BCUT2D eigenvalue weighted by atomic mass is 35.5. The molecule has 1 aliphatic heterocycles. The minimum atomic E-state index is -0.00277. The molecule has 0 saturated carbocycles. The van der Waals surface area contributed by atoms with Gasteiger partial charge >= 0.3 is 0 Å². The normalized spacial score (nSPS) is 15.7. The third-order valence-corrected chi connectivity index (χ3v) is 3.77. The molecule has 1 aliphatic rings. The number of hydrogen-bond donors (Lipinski definition) is 3. The molecular weight excluding hydrogens is 274 g/mol. The molecule has 108 valence electrons. The van der Waals surface area contributed by atoms with E-state index in [1.807, 2.05) is 12.1 Å². The SMILES string of the molecule is C=C(NNC(=O)C[NH+]1CCCCC1)c1ccc(Cl)cc1. The van der Waals surface area contributed by atoms with Crippen LogP contribution in [0.2, 0.25) is 5.02 Å². The van der Waals surface area contributed by atoms with Gasteiger partial charge in [0.1, 0.15) is 0 Å². The van der Waals surface area contributed by atoms with Crippen molar-refractivity contribution in [2.45, 2.75) is 19.3 Å². The van der Waals surface area contributed by atoms with Gasteiger partial charge in [0.25, 0.3) is 5.91 Å². The van der Waals surface area contributed by atoms with Crippen LogP contribution < -0.4 is 15.8 Å². The fourth-order valence-corrected chi connectivity index (χ4v) is 2.49. The minimum Gasteiger partial charge on any atom is -0.327 e. The Balaban J connectivity index is 1.75. The van der Waals surface area contributed by atoms with E-state index in [4.69, 9.17) is 11.6 Å². The third-order valence-electron chi connectivity index (χ3n) is 3.52. The molecule has 1 aromatic carbocycles. The maximum absolute atomic E-state index is 11.8. The summed E-state index contributed by atoms with van der Waals surface area (Å²) >= 11 is 5.83. The summed E-state index contributed by atoms with van der Waals surface area (Å²) in [6.45, 7) is 6.59. The van der Waals surface area contributed by atoms with Crippen LogP contribution in [0, 0.1) is 0 Å². The molecule has 0 unspecified atom stereocenters. The van der Waals surface area contributed by atoms with Crippen LogP contribution in [-0.4, -0.2) is 25.5 Å². The van der Waals surface area contributed by atoms with Crippen molar-refractivity contribution in [3.63, 3.8) is 0 Å². The lowest BCUT2D eigenvalue weighted by Gasteiger charge is -2.23. The molecule has 4 nitrogen and oxygen atoms in total. The largest absolute Gasteiger partial charge is 0.327 e. The molecule has 0 aliphatic carbocycles. The second-order valence-corrected chi connectivity index (χ2v) is 5.58. The summed E-state index contributed by atoms with van der Waals surface area (Å²) in [5, 5.41) is 0.680. The summed E-state index contributed by atoms with van der Waals surface area (Å²) in [7, 11) is 0. The van der Waals surface area contributed by atoms with Crippen molar-refractivity contribution in [1.82, 2.24) is 10.9 Å². The van der Waals surface area contributed by atoms with E-state index < -0.39 is 0 Å². The highest BCUT2D eigenvalue weighted by molar-refractivity contribution is 6.30. The predicted molar refractivity (Wildman–Crippen MR) is 81.2 cm³/mol. The monoisotopic (exact) mass is 294 g/mol. The molecule has 0 radical (unpaired) electrons. The molecule has 5 heteroatoms. The number of halogens is 1. The fourth-order valence-electron chi connectivity index (χ4n) is 2.37. The standard InChI is InChI=1S/C15H20ClN3O/c1-12(13-5-7-14(16)8-6-13)17-18-15(20)11-19-9-3-2-4-10-19/h5-8,17H,1-4,9-11H2,(H,18,20)/p+1. The number of hydrogen-bond acceptors (Lipinski definition) is 2. The van der Waals surface area contributed by atoms with Crippen molar-refractivity contribution in [3.8, 4) is 0 Å². The van der Waals surface area contributed by atoms with Gasteiger partial charge in [-0.1, -0.05) is 30.3 Å². The number of amides is 1. The Bertz CT molecular complexity index is 467. The van der Waals surface area contributed by atoms with Crippen molar-refractivity contribution in [1.29, 1.82) is 0 Å². The highest BCUT2D eigenvalue weighted by Gasteiger charge is 2.17. The van der Waals surface area contributed by atoms with Crippen LogP contribution in [0.3, 0.4) is 0 Å². The number of quaternary nitrogens is 1. The first-order valence-corrected chi connectivity index (χ1v) is 7.36. The number of carbonyl (C=O) groups is 1. The van der Waals surface area contributed by atoms with Crippen LogP contribution in [0.25, 0.3) is 5.70 Å². The fraction of sp³-hybridized carbons (Fsp3) is 0.400. The summed E-state index contributed by atoms with van der Waals surface area (Å²) in [6, 6.07) is 7.31. The zero-order valence-corrected chi connectivity index (χ0v) is 12.3. The quantitative estimate of drug-likeness (QED) is 0.710. The van der Waals surface area contributed by atoms with E-state index >= 15 is 0 Å². The van der Waals surface area contributed by atoms with Crippen molar-refractivity contribution >= 4 is 23.2 Å². The molecule has 0 atom stereocenters. The molecule has 1 fully saturated rings. The van der Waals surface area contributed by atoms with E-state index in [2.05, 4.69) is 17.4 Å². The molecule has 20 heavy (non-hydrogen) atoms. The van der Waals surface area contributed by atoms with Gasteiger partial charge in [-0.3, -0.25) is 15.6 Å². The topological polar surface area (TPSA) is 45.6 Å². The summed E-state index contributed by atoms with van der Waals surface area (Å²) in [5.41, 5.74) is 7.12. The number of rotatable bonds is 5. The molecule has 0 bridgehead atoms. The number of likely N-dealkylation sites (tertiary alicyclic amines) is 1. The number of hydrazine groups is 1. The lowest BCUT2D eigenvalue weighted by Crippen LogP contribution is -3.14. The molecule has 3 N–H and O–H groups in total. The zero-order valence-electron chi connectivity index (χ0n) is 11.5. The molecule has 1 amide bonds. The Labute approximate surface area is 124 Å². The lowest BCUT2D eigenvalue weighted by atomic mass is 10.1. The van der Waals surface area contributed by atoms with Crippen LogP contribution in [0.5, 0.6) is 0 Å². The Morgan fingerprint density at radius 3 is 2.45 bits per heavy atom. The second kappa shape index (κ2) is 7.31. The second-order valence-electron chi connectivity index (χ2n) is 5.15. The van der Waals surface area contributed by atoms with Gasteiger partial charge in [-0.2, -0.15) is 0 Å². The molecule has 1 heterocycles. The summed E-state index contributed by atoms with van der Waals surface area (Å²) in [4.78, 5) is 13.2. The Morgan fingerprint density at radius 2 is 1.80 bits per heavy atom. The number of benzene rings is 1. The highest BCUT2D eigenvalue weighted by Crippen LogP contribution is 2.13. The average Bonchev–Trinajstić information content (AvgIpc) is 2.46. The maximum atomic E-state index is 11.8. The molecule has 1 saturated heterocycles. The molecular formula is C15H21ClN3O+. The summed E-state index contributed by atoms with van der Waals surface area (Å²) < 4.78 is 0. The van der Waals surface area contributed by atoms with E-state index in [1.54, 1.807) is 12.1 Å². The Morgan fingerprint density at radius 1 is 1.15 bits per heavy atom. The van der Waals surface area contributed by atoms with Crippen molar-refractivity contribution < 1.29 is 9.69 Å². The van der Waals surface area contributed by atoms with Gasteiger partial charge in [0, 0.05) is 5.02 Å². The van der Waals surface area contributed by atoms with E-state index in [1.165, 1.54) is 24.2 Å². The molecule has 1 aromatic rings. The number of nitrogens with one attached hydrogen (secondary N) is 3. The van der Waals surface area contributed by atoms with Gasteiger partial charge in [0.05, 0.1) is 18.8 Å². The van der Waals surface area contributed by atoms with Crippen molar-refractivity contribution in [2.75, 3.05) is 19.6 Å². The predicted octanol–water partition coefficient (Wildman–Crippen LogP) is 1.00. The first-order valence-electron chi connectivity index (χ1n) is 6.98. The van der Waals surface area contributed by atoms with Gasteiger partial charge in [0.15, 0.2) is 6.54 Å². The first kappa shape index (κ1) is 14.9. The zero-order chi connectivity index (χ0) is 14.4. The van der Waals surface area contributed by atoms with Crippen molar-refractivity contribution in [2.24, 2.45) is 0 Å². The van der Waals surface area contributed by atoms with Gasteiger partial charge in [-0.25, -0.2) is 0 Å². The van der Waals surface area contributed by atoms with Crippen LogP contribution in [0.4, 0.5) is 0 Å². The Kier molecular flexibility index (Phi) is 5.44. The summed E-state index contributed by atoms with van der Waals surface area (Å²) in [6.07, 6.45) is 3.72. The van der Waals surface area contributed by atoms with Crippen molar-refractivity contribution in [3.05, 3.63) is 41.4 Å². The third kappa shape index (κ3) is 4.54. The van der Waals surface area contributed by atoms with E-state index in [9.17, 15) is 4.79 Å². The van der Waals surface area contributed by atoms with Gasteiger partial charge < -0.3 is 4.90 Å². The summed E-state index contributed by atoms with van der Waals surface area (Å²) in [5.74, 6) is -0.00277. The smallest absolute Gasteiger partial charge is 0.293 e. The molecule has 0 aromatic heterocycles. The molecule has 0 spiro atoms. The van der Waals surface area contributed by atoms with E-state index in [-0.39, 0.29) is 5.91 Å². The maximum Gasteiger partial charge on any atom is 0.293 e. The van der Waals surface area contributed by atoms with Gasteiger partial charge in [0.2, 0.25) is 0 Å². The van der Waals surface area contributed by atoms with Gasteiger partial charge in [-0.15, -0.1) is 0 Å². The number of piperidine rings is 1. The van der Waals surface area contributed by atoms with Crippen LogP contribution >= 0.6 is 11.6 Å². The Hall–Kier alpha value is -1.52. The van der Waals surface area contributed by atoms with Gasteiger partial charge in [-0.05, 0) is 37.0 Å². The van der Waals surface area contributed by atoms with Crippen LogP contribution in [0.1, 0.15) is 24.8 Å². The minimum absolute atomic E-state index is 0.00277.